The second-order valence-corrected chi connectivity index (χ2v) is 11.0. The Balaban J connectivity index is 1.43. The molecule has 0 saturated carbocycles. The number of rotatable bonds is 3. The van der Waals surface area contributed by atoms with Gasteiger partial charge in [0.25, 0.3) is 5.24 Å². The normalized spacial score (nSPS) is 19.9. The molecule has 2 aromatic carbocycles. The van der Waals surface area contributed by atoms with E-state index in [9.17, 15) is 9.59 Å². The molecule has 0 radical (unpaired) electrons. The third kappa shape index (κ3) is 5.01. The van der Waals surface area contributed by atoms with Gasteiger partial charge in [0.15, 0.2) is 4.93 Å². The average molecular weight is 503 g/mol. The highest BCUT2D eigenvalue weighted by molar-refractivity contribution is 8.14. The van der Waals surface area contributed by atoms with Crippen LogP contribution >= 0.6 is 23.4 Å². The monoisotopic (exact) mass is 502 g/mol. The largest absolute Gasteiger partial charge is 0.476 e. The Bertz CT molecular complexity index is 1110. The molecule has 6 nitrogen and oxygen atoms in total. The number of benzene rings is 2. The summed E-state index contributed by atoms with van der Waals surface area (Å²) in [5.74, 6) is 1.11. The number of fused-ring (bicyclic) bond motifs is 1. The minimum Gasteiger partial charge on any atom is -0.476 e. The fourth-order valence-electron chi connectivity index (χ4n) is 4.63. The Kier molecular flexibility index (Phi) is 7.06. The van der Waals surface area contributed by atoms with Crippen LogP contribution in [-0.4, -0.2) is 47.2 Å². The van der Waals surface area contributed by atoms with Crippen LogP contribution in [0, 0.1) is 20.8 Å². The van der Waals surface area contributed by atoms with Gasteiger partial charge in [-0.15, -0.1) is 0 Å². The molecule has 1 atom stereocenters. The maximum Gasteiger partial charge on any atom is 0.308 e. The molecule has 2 aliphatic rings. The standard InChI is InChI=1S/C26H31ClN2O4S/c1-16-17(2)24-22(18(3)23(16)32-19(4)30)10-11-26(5,33-24)34-25(31)29-14-12-28(13-15-29)21-8-6-20(27)7-9-21/h6-9H,10-15H2,1-5H3. The van der Waals surface area contributed by atoms with Crippen molar-refractivity contribution in [2.24, 2.45) is 0 Å². The van der Waals surface area contributed by atoms with Crippen LogP contribution in [0.25, 0.3) is 0 Å². The van der Waals surface area contributed by atoms with E-state index in [-0.39, 0.29) is 11.2 Å². The van der Waals surface area contributed by atoms with Crippen molar-refractivity contribution < 1.29 is 19.1 Å². The number of carbonyl (C=O) groups excluding carboxylic acids is 2. The first kappa shape index (κ1) is 24.7. The summed E-state index contributed by atoms with van der Waals surface area (Å²) in [6.45, 7) is 12.2. The van der Waals surface area contributed by atoms with Crippen LogP contribution in [-0.2, 0) is 11.2 Å². The Morgan fingerprint density at radius 3 is 2.29 bits per heavy atom. The number of halogens is 1. The van der Waals surface area contributed by atoms with Crippen LogP contribution < -0.4 is 14.4 Å². The molecule has 1 saturated heterocycles. The number of anilines is 1. The van der Waals surface area contributed by atoms with Crippen LogP contribution in [0.1, 0.15) is 42.5 Å². The lowest BCUT2D eigenvalue weighted by molar-refractivity contribution is -0.132. The molecule has 0 spiro atoms. The average Bonchev–Trinajstić information content (AvgIpc) is 2.80. The van der Waals surface area contributed by atoms with Crippen LogP contribution in [0.15, 0.2) is 24.3 Å². The summed E-state index contributed by atoms with van der Waals surface area (Å²) >= 11 is 7.27. The third-order valence-corrected chi connectivity index (χ3v) is 8.14. The number of ether oxygens (including phenoxy) is 2. The molecule has 1 amide bonds. The van der Waals surface area contributed by atoms with Gasteiger partial charge in [-0.1, -0.05) is 11.6 Å². The van der Waals surface area contributed by atoms with Gasteiger partial charge in [0.2, 0.25) is 0 Å². The van der Waals surface area contributed by atoms with E-state index in [1.807, 2.05) is 56.9 Å². The topological polar surface area (TPSA) is 59.1 Å². The van der Waals surface area contributed by atoms with Gasteiger partial charge in [0.05, 0.1) is 0 Å². The number of thioether (sulfide) groups is 1. The lowest BCUT2D eigenvalue weighted by Crippen LogP contribution is -2.49. The van der Waals surface area contributed by atoms with E-state index in [2.05, 4.69) is 4.90 Å². The number of nitrogens with zero attached hydrogens (tertiary/aromatic N) is 2. The van der Waals surface area contributed by atoms with Crippen LogP contribution in [0.2, 0.25) is 5.02 Å². The zero-order chi connectivity index (χ0) is 24.6. The number of esters is 1. The lowest BCUT2D eigenvalue weighted by atomic mass is 9.91. The van der Waals surface area contributed by atoms with Crippen molar-refractivity contribution in [2.45, 2.75) is 52.4 Å². The summed E-state index contributed by atoms with van der Waals surface area (Å²) in [7, 11) is 0. The first-order valence-corrected chi connectivity index (χ1v) is 12.8. The fraction of sp³-hybridized carbons (Fsp3) is 0.462. The predicted molar refractivity (Wildman–Crippen MR) is 138 cm³/mol. The second kappa shape index (κ2) is 9.70. The maximum absolute atomic E-state index is 13.2. The number of amides is 1. The van der Waals surface area contributed by atoms with Gasteiger partial charge in [-0.25, -0.2) is 0 Å². The van der Waals surface area contributed by atoms with Crippen molar-refractivity contribution in [3.8, 4) is 11.5 Å². The Hall–Kier alpha value is -2.38. The van der Waals surface area contributed by atoms with Gasteiger partial charge in [0, 0.05) is 55.8 Å². The Labute approximate surface area is 210 Å². The highest BCUT2D eigenvalue weighted by Crippen LogP contribution is 2.47. The van der Waals surface area contributed by atoms with E-state index in [1.54, 1.807) is 0 Å². The molecule has 1 fully saturated rings. The molecule has 1 unspecified atom stereocenters. The van der Waals surface area contributed by atoms with Gasteiger partial charge >= 0.3 is 5.97 Å². The molecular formula is C26H31ClN2O4S. The molecule has 2 aliphatic heterocycles. The molecule has 0 aliphatic carbocycles. The summed E-state index contributed by atoms with van der Waals surface area (Å²) in [5, 5.41) is 0.767. The quantitative estimate of drug-likeness (QED) is 0.384. The molecule has 2 aromatic rings. The minimum absolute atomic E-state index is 0.0457. The molecule has 0 bridgehead atoms. The van der Waals surface area contributed by atoms with Crippen LogP contribution in [0.3, 0.4) is 0 Å². The lowest BCUT2D eigenvalue weighted by Gasteiger charge is -2.40. The SMILES string of the molecule is CC(=O)Oc1c(C)c(C)c2c(c1C)CCC(C)(SC(=O)N1CCN(c3ccc(Cl)cc3)CC1)O2. The molecule has 8 heteroatoms. The van der Waals surface area contributed by atoms with E-state index >= 15 is 0 Å². The predicted octanol–water partition coefficient (Wildman–Crippen LogP) is 5.91. The Morgan fingerprint density at radius 2 is 1.68 bits per heavy atom. The van der Waals surface area contributed by atoms with Crippen molar-refractivity contribution >= 4 is 40.3 Å². The maximum atomic E-state index is 13.2. The first-order valence-electron chi connectivity index (χ1n) is 11.6. The minimum atomic E-state index is -0.649. The van der Waals surface area contributed by atoms with E-state index in [0.29, 0.717) is 25.3 Å². The highest BCUT2D eigenvalue weighted by Gasteiger charge is 2.39. The number of hydrogen-bond donors (Lipinski definition) is 0. The molecule has 0 aromatic heterocycles. The van der Waals surface area contributed by atoms with Gasteiger partial charge in [0.1, 0.15) is 11.5 Å². The molecule has 4 rings (SSSR count). The van der Waals surface area contributed by atoms with Gasteiger partial charge in [-0.2, -0.15) is 0 Å². The molecular weight excluding hydrogens is 472 g/mol. The van der Waals surface area contributed by atoms with E-state index in [1.165, 1.54) is 18.7 Å². The summed E-state index contributed by atoms with van der Waals surface area (Å²) in [5.41, 5.74) is 4.96. The third-order valence-electron chi connectivity index (χ3n) is 6.74. The number of piperazine rings is 1. The Morgan fingerprint density at radius 1 is 1.03 bits per heavy atom. The van der Waals surface area contributed by atoms with Crippen LogP contribution in [0.4, 0.5) is 10.5 Å². The first-order chi connectivity index (χ1) is 16.1. The molecule has 182 valence electrons. The fourth-order valence-corrected chi connectivity index (χ4v) is 5.77. The number of hydrogen-bond acceptors (Lipinski definition) is 6. The van der Waals surface area contributed by atoms with Gasteiger partial charge in [-0.05, 0) is 86.8 Å². The van der Waals surface area contributed by atoms with Crippen LogP contribution in [0.5, 0.6) is 11.5 Å². The zero-order valence-electron chi connectivity index (χ0n) is 20.4. The van der Waals surface area contributed by atoms with Crippen molar-refractivity contribution in [2.75, 3.05) is 31.1 Å². The summed E-state index contributed by atoms with van der Waals surface area (Å²) in [6.07, 6.45) is 1.46. The highest BCUT2D eigenvalue weighted by atomic mass is 35.5. The summed E-state index contributed by atoms with van der Waals surface area (Å²) in [4.78, 5) is 28.3. The molecule has 34 heavy (non-hydrogen) atoms. The van der Waals surface area contributed by atoms with E-state index < -0.39 is 4.93 Å². The van der Waals surface area contributed by atoms with Crippen molar-refractivity contribution in [1.82, 2.24) is 4.90 Å². The second-order valence-electron chi connectivity index (χ2n) is 9.16. The molecule has 0 N–H and O–H groups in total. The van der Waals surface area contributed by atoms with Crippen molar-refractivity contribution in [3.05, 3.63) is 51.5 Å². The number of carbonyl (C=O) groups is 2. The van der Waals surface area contributed by atoms with Gasteiger partial charge < -0.3 is 19.3 Å². The van der Waals surface area contributed by atoms with Crippen molar-refractivity contribution in [1.29, 1.82) is 0 Å². The molecule has 2 heterocycles. The zero-order valence-corrected chi connectivity index (χ0v) is 21.9. The smallest absolute Gasteiger partial charge is 0.308 e. The summed E-state index contributed by atoms with van der Waals surface area (Å²) in [6, 6.07) is 7.82. The van der Waals surface area contributed by atoms with E-state index in [0.717, 1.165) is 58.2 Å². The van der Waals surface area contributed by atoms with Crippen molar-refractivity contribution in [3.63, 3.8) is 0 Å². The summed E-state index contributed by atoms with van der Waals surface area (Å²) < 4.78 is 12.0. The van der Waals surface area contributed by atoms with E-state index in [4.69, 9.17) is 21.1 Å². The van der Waals surface area contributed by atoms with Gasteiger partial charge in [-0.3, -0.25) is 9.59 Å².